The van der Waals surface area contributed by atoms with Crippen molar-refractivity contribution in [2.24, 2.45) is 7.05 Å². The molecule has 0 saturated heterocycles. The van der Waals surface area contributed by atoms with Crippen LogP contribution in [0.4, 0.5) is 0 Å². The number of carboxylic acids is 1. The Morgan fingerprint density at radius 2 is 2.50 bits per heavy atom. The molecule has 1 N–H and O–H groups in total. The SMILES string of the molecule is Cn1c(C(=O)O)csc1=S. The lowest BCUT2D eigenvalue weighted by atomic mass is 10.5. The third-order valence-corrected chi connectivity index (χ3v) is 2.50. The molecule has 10 heavy (non-hydrogen) atoms. The maximum Gasteiger partial charge on any atom is 0.353 e. The zero-order valence-electron chi connectivity index (χ0n) is 5.20. The van der Waals surface area contributed by atoms with Crippen LogP contribution in [0.25, 0.3) is 0 Å². The quantitative estimate of drug-likeness (QED) is 0.658. The first-order chi connectivity index (χ1) is 4.63. The van der Waals surface area contributed by atoms with Gasteiger partial charge in [-0.2, -0.15) is 0 Å². The molecule has 1 rings (SSSR count). The van der Waals surface area contributed by atoms with Crippen LogP contribution in [0.2, 0.25) is 0 Å². The molecular weight excluding hydrogens is 170 g/mol. The number of aromatic nitrogens is 1. The van der Waals surface area contributed by atoms with Crippen LogP contribution >= 0.6 is 23.6 Å². The molecule has 0 aliphatic heterocycles. The minimum Gasteiger partial charge on any atom is -0.477 e. The van der Waals surface area contributed by atoms with Crippen molar-refractivity contribution in [3.05, 3.63) is 15.0 Å². The van der Waals surface area contributed by atoms with E-state index in [0.717, 1.165) is 0 Å². The molecular formula is C5H5NO2S2. The summed E-state index contributed by atoms with van der Waals surface area (Å²) < 4.78 is 2.06. The van der Waals surface area contributed by atoms with Crippen LogP contribution in [-0.2, 0) is 7.05 Å². The van der Waals surface area contributed by atoms with E-state index >= 15 is 0 Å². The van der Waals surface area contributed by atoms with Crippen molar-refractivity contribution in [1.29, 1.82) is 0 Å². The standard InChI is InChI=1S/C5H5NO2S2/c1-6-3(4(7)8)2-10-5(6)9/h2H,1H3,(H,7,8). The molecule has 0 saturated carbocycles. The zero-order valence-corrected chi connectivity index (χ0v) is 6.83. The predicted octanol–water partition coefficient (Wildman–Crippen LogP) is 1.51. The Hall–Kier alpha value is -0.680. The fourth-order valence-corrected chi connectivity index (χ4v) is 1.53. The van der Waals surface area contributed by atoms with E-state index in [1.807, 2.05) is 0 Å². The molecule has 0 fully saturated rings. The summed E-state index contributed by atoms with van der Waals surface area (Å²) in [5.41, 5.74) is 0.245. The van der Waals surface area contributed by atoms with Gasteiger partial charge < -0.3 is 9.67 Å². The van der Waals surface area contributed by atoms with Gasteiger partial charge in [-0.3, -0.25) is 0 Å². The van der Waals surface area contributed by atoms with Gasteiger partial charge in [-0.25, -0.2) is 4.79 Å². The van der Waals surface area contributed by atoms with E-state index in [9.17, 15) is 4.79 Å². The monoisotopic (exact) mass is 175 g/mol. The number of hydrogen-bond acceptors (Lipinski definition) is 3. The van der Waals surface area contributed by atoms with Crippen LogP contribution in [0.3, 0.4) is 0 Å². The second kappa shape index (κ2) is 2.51. The van der Waals surface area contributed by atoms with E-state index in [1.54, 1.807) is 7.05 Å². The van der Waals surface area contributed by atoms with E-state index in [1.165, 1.54) is 21.3 Å². The molecule has 0 aromatic carbocycles. The van der Waals surface area contributed by atoms with Gasteiger partial charge in [-0.15, -0.1) is 11.3 Å². The van der Waals surface area contributed by atoms with Gasteiger partial charge in [-0.05, 0) is 12.2 Å². The smallest absolute Gasteiger partial charge is 0.353 e. The van der Waals surface area contributed by atoms with Crippen molar-refractivity contribution >= 4 is 29.5 Å². The summed E-state index contributed by atoms with van der Waals surface area (Å²) >= 11 is 6.07. The van der Waals surface area contributed by atoms with E-state index in [2.05, 4.69) is 0 Å². The molecule has 0 aliphatic rings. The first-order valence-corrected chi connectivity index (χ1v) is 3.79. The normalized spacial score (nSPS) is 9.70. The van der Waals surface area contributed by atoms with E-state index < -0.39 is 5.97 Å². The Labute approximate surface area is 66.5 Å². The number of carbonyl (C=O) groups is 1. The van der Waals surface area contributed by atoms with Crippen molar-refractivity contribution in [2.75, 3.05) is 0 Å². The van der Waals surface area contributed by atoms with Gasteiger partial charge in [0.05, 0.1) is 0 Å². The van der Waals surface area contributed by atoms with Gasteiger partial charge in [0.2, 0.25) is 0 Å². The molecule has 1 heterocycles. The van der Waals surface area contributed by atoms with E-state index in [4.69, 9.17) is 17.3 Å². The van der Waals surface area contributed by atoms with E-state index in [0.29, 0.717) is 3.95 Å². The van der Waals surface area contributed by atoms with Crippen molar-refractivity contribution in [3.8, 4) is 0 Å². The number of hydrogen-bond donors (Lipinski definition) is 1. The molecule has 0 spiro atoms. The molecule has 1 aromatic heterocycles. The average Bonchev–Trinajstić information content (AvgIpc) is 2.14. The van der Waals surface area contributed by atoms with Crippen molar-refractivity contribution in [3.63, 3.8) is 0 Å². The van der Waals surface area contributed by atoms with Gasteiger partial charge in [0, 0.05) is 12.4 Å². The van der Waals surface area contributed by atoms with Crippen LogP contribution in [0.1, 0.15) is 10.5 Å². The minimum absolute atomic E-state index is 0.245. The molecule has 0 amide bonds. The number of carboxylic acid groups (broad SMARTS) is 1. The van der Waals surface area contributed by atoms with Crippen LogP contribution in [0, 0.1) is 3.95 Å². The summed E-state index contributed by atoms with van der Waals surface area (Å²) in [4.78, 5) is 10.4. The maximum absolute atomic E-state index is 10.4. The second-order valence-electron chi connectivity index (χ2n) is 1.75. The van der Waals surface area contributed by atoms with Gasteiger partial charge in [0.25, 0.3) is 0 Å². The van der Waals surface area contributed by atoms with Crippen LogP contribution in [0.5, 0.6) is 0 Å². The van der Waals surface area contributed by atoms with Crippen LogP contribution < -0.4 is 0 Å². The Morgan fingerprint density at radius 1 is 1.90 bits per heavy atom. The number of aromatic carboxylic acids is 1. The highest BCUT2D eigenvalue weighted by Gasteiger charge is 2.06. The lowest BCUT2D eigenvalue weighted by molar-refractivity contribution is 0.0686. The fraction of sp³-hybridized carbons (Fsp3) is 0.200. The van der Waals surface area contributed by atoms with Crippen molar-refractivity contribution < 1.29 is 9.90 Å². The number of rotatable bonds is 1. The number of thiazole rings is 1. The molecule has 3 nitrogen and oxygen atoms in total. The average molecular weight is 175 g/mol. The molecule has 0 aliphatic carbocycles. The van der Waals surface area contributed by atoms with Crippen molar-refractivity contribution in [2.45, 2.75) is 0 Å². The fourth-order valence-electron chi connectivity index (χ4n) is 0.557. The highest BCUT2D eigenvalue weighted by Crippen LogP contribution is 2.07. The number of nitrogens with zero attached hydrogens (tertiary/aromatic N) is 1. The summed E-state index contributed by atoms with van der Waals surface area (Å²) in [5, 5.41) is 10.1. The van der Waals surface area contributed by atoms with Gasteiger partial charge in [0.15, 0.2) is 3.95 Å². The van der Waals surface area contributed by atoms with Gasteiger partial charge >= 0.3 is 5.97 Å². The van der Waals surface area contributed by atoms with Crippen LogP contribution in [-0.4, -0.2) is 15.6 Å². The molecule has 0 radical (unpaired) electrons. The van der Waals surface area contributed by atoms with Gasteiger partial charge in [0.1, 0.15) is 5.69 Å². The molecule has 54 valence electrons. The third kappa shape index (κ3) is 1.10. The lowest BCUT2D eigenvalue weighted by Crippen LogP contribution is -2.03. The lowest BCUT2D eigenvalue weighted by Gasteiger charge is -1.92. The third-order valence-electron chi connectivity index (χ3n) is 1.13. The maximum atomic E-state index is 10.4. The summed E-state index contributed by atoms with van der Waals surface area (Å²) in [6.07, 6.45) is 0. The highest BCUT2D eigenvalue weighted by molar-refractivity contribution is 7.73. The zero-order chi connectivity index (χ0) is 7.72. The van der Waals surface area contributed by atoms with Gasteiger partial charge in [-0.1, -0.05) is 0 Å². The Balaban J connectivity index is 3.31. The first-order valence-electron chi connectivity index (χ1n) is 2.50. The summed E-state index contributed by atoms with van der Waals surface area (Å²) in [6, 6.07) is 0. The van der Waals surface area contributed by atoms with Crippen molar-refractivity contribution in [1.82, 2.24) is 4.57 Å². The van der Waals surface area contributed by atoms with E-state index in [-0.39, 0.29) is 5.69 Å². The molecule has 0 bridgehead atoms. The minimum atomic E-state index is -0.935. The Bertz CT molecular complexity index is 312. The first kappa shape index (κ1) is 7.43. The molecule has 1 aromatic rings. The summed E-state index contributed by atoms with van der Waals surface area (Å²) in [6.45, 7) is 0. The predicted molar refractivity (Wildman–Crippen MR) is 41.1 cm³/mol. The summed E-state index contributed by atoms with van der Waals surface area (Å²) in [5.74, 6) is -0.935. The largest absolute Gasteiger partial charge is 0.477 e. The van der Waals surface area contributed by atoms with Crippen LogP contribution in [0.15, 0.2) is 5.38 Å². The topological polar surface area (TPSA) is 42.2 Å². The molecule has 5 heteroatoms. The second-order valence-corrected chi connectivity index (χ2v) is 3.25. The Kier molecular flexibility index (Phi) is 1.87. The molecule has 0 atom stereocenters. The summed E-state index contributed by atoms with van der Waals surface area (Å²) in [7, 11) is 1.64. The Morgan fingerprint density at radius 3 is 2.70 bits per heavy atom. The highest BCUT2D eigenvalue weighted by atomic mass is 32.1. The molecule has 0 unspecified atom stereocenters.